The van der Waals surface area contributed by atoms with Crippen LogP contribution in [0.2, 0.25) is 5.02 Å². The van der Waals surface area contributed by atoms with Crippen LogP contribution in [0, 0.1) is 6.92 Å². The summed E-state index contributed by atoms with van der Waals surface area (Å²) in [6.07, 6.45) is 1.60. The first kappa shape index (κ1) is 23.1. The molecule has 0 saturated carbocycles. The Kier molecular flexibility index (Phi) is 6.91. The van der Waals surface area contributed by atoms with Crippen LogP contribution in [0.15, 0.2) is 36.4 Å². The lowest BCUT2D eigenvalue weighted by atomic mass is 9.95. The van der Waals surface area contributed by atoms with Crippen molar-refractivity contribution in [3.8, 4) is 22.8 Å². The number of halogens is 1. The molecule has 3 aromatic rings. The minimum Gasteiger partial charge on any atom is -0.507 e. The van der Waals surface area contributed by atoms with E-state index in [1.807, 2.05) is 36.1 Å². The van der Waals surface area contributed by atoms with Gasteiger partial charge in [-0.1, -0.05) is 30.7 Å². The third kappa shape index (κ3) is 4.43. The Balaban J connectivity index is 1.83. The van der Waals surface area contributed by atoms with Gasteiger partial charge in [0.1, 0.15) is 22.9 Å². The standard InChI is InChI=1S/C25H28ClN3O4/c1-4-10-33-17-8-5-7-16(13-17)24-21-22(18-14-19(26)15(2)12-20(18)30)27-28-23(21)25(31)29(24)9-6-11-32-3/h5,7-8,12-14,24,30H,4,6,9-11H2,1-3H3,(H,27,28). The zero-order chi connectivity index (χ0) is 23.5. The van der Waals surface area contributed by atoms with E-state index < -0.39 is 0 Å². The van der Waals surface area contributed by atoms with Crippen molar-refractivity contribution in [1.82, 2.24) is 15.1 Å². The quantitative estimate of drug-likeness (QED) is 0.425. The van der Waals surface area contributed by atoms with Crippen LogP contribution in [0.3, 0.4) is 0 Å². The molecule has 8 heteroatoms. The Labute approximate surface area is 198 Å². The lowest BCUT2D eigenvalue weighted by Gasteiger charge is -2.26. The van der Waals surface area contributed by atoms with E-state index in [9.17, 15) is 9.90 Å². The summed E-state index contributed by atoms with van der Waals surface area (Å²) in [4.78, 5) is 15.2. The largest absolute Gasteiger partial charge is 0.507 e. The van der Waals surface area contributed by atoms with E-state index in [4.69, 9.17) is 21.1 Å². The number of aromatic nitrogens is 2. The van der Waals surface area contributed by atoms with Crippen LogP contribution >= 0.6 is 11.6 Å². The highest BCUT2D eigenvalue weighted by molar-refractivity contribution is 6.31. The van der Waals surface area contributed by atoms with Gasteiger partial charge in [-0.3, -0.25) is 9.89 Å². The van der Waals surface area contributed by atoms with Crippen LogP contribution in [0.4, 0.5) is 0 Å². The van der Waals surface area contributed by atoms with Crippen LogP contribution in [-0.2, 0) is 4.74 Å². The second-order valence-electron chi connectivity index (χ2n) is 8.15. The van der Waals surface area contributed by atoms with Crippen molar-refractivity contribution < 1.29 is 19.4 Å². The van der Waals surface area contributed by atoms with Gasteiger partial charge in [0.25, 0.3) is 5.91 Å². The van der Waals surface area contributed by atoms with Crippen molar-refractivity contribution in [3.05, 3.63) is 63.8 Å². The monoisotopic (exact) mass is 469 g/mol. The number of phenols is 1. The van der Waals surface area contributed by atoms with Crippen molar-refractivity contribution in [2.24, 2.45) is 0 Å². The Morgan fingerprint density at radius 1 is 1.24 bits per heavy atom. The highest BCUT2D eigenvalue weighted by atomic mass is 35.5. The van der Waals surface area contributed by atoms with Crippen LogP contribution < -0.4 is 4.74 Å². The van der Waals surface area contributed by atoms with Gasteiger partial charge < -0.3 is 19.5 Å². The normalized spacial score (nSPS) is 15.2. The van der Waals surface area contributed by atoms with Gasteiger partial charge in [-0.25, -0.2) is 0 Å². The lowest BCUT2D eigenvalue weighted by molar-refractivity contribution is 0.0723. The van der Waals surface area contributed by atoms with Gasteiger partial charge in [-0.2, -0.15) is 5.10 Å². The number of aromatic amines is 1. The highest BCUT2D eigenvalue weighted by Crippen LogP contribution is 2.45. The Morgan fingerprint density at radius 3 is 2.82 bits per heavy atom. The number of hydrogen-bond acceptors (Lipinski definition) is 5. The van der Waals surface area contributed by atoms with Gasteiger partial charge in [-0.15, -0.1) is 0 Å². The second-order valence-corrected chi connectivity index (χ2v) is 8.56. The van der Waals surface area contributed by atoms with E-state index >= 15 is 0 Å². The van der Waals surface area contributed by atoms with Crippen molar-refractivity contribution in [1.29, 1.82) is 0 Å². The topological polar surface area (TPSA) is 87.7 Å². The molecule has 7 nitrogen and oxygen atoms in total. The smallest absolute Gasteiger partial charge is 0.273 e. The number of phenolic OH excluding ortho intramolecular Hbond substituents is 1. The summed E-state index contributed by atoms with van der Waals surface area (Å²) in [5.74, 6) is 0.677. The fourth-order valence-electron chi connectivity index (χ4n) is 4.21. The number of hydrogen-bond donors (Lipinski definition) is 2. The molecule has 1 unspecified atom stereocenters. The molecule has 1 aliphatic heterocycles. The summed E-state index contributed by atoms with van der Waals surface area (Å²) in [6, 6.07) is 10.7. The molecule has 2 heterocycles. The molecular formula is C25H28ClN3O4. The Hall–Kier alpha value is -3.03. The molecule has 2 N–H and O–H groups in total. The average Bonchev–Trinajstić information content (AvgIpc) is 3.34. The maximum atomic E-state index is 13.4. The highest BCUT2D eigenvalue weighted by Gasteiger charge is 2.42. The second kappa shape index (κ2) is 9.85. The number of aryl methyl sites for hydroxylation is 1. The maximum absolute atomic E-state index is 13.4. The molecule has 33 heavy (non-hydrogen) atoms. The molecule has 0 bridgehead atoms. The fourth-order valence-corrected chi connectivity index (χ4v) is 4.37. The molecule has 0 fully saturated rings. The number of fused-ring (bicyclic) bond motifs is 1. The molecule has 4 rings (SSSR count). The first-order valence-electron chi connectivity index (χ1n) is 11.1. The SMILES string of the molecule is CCCOc1cccc(C2c3c(-c4cc(Cl)c(C)cc4O)n[nH]c3C(=O)N2CCCOC)c1. The minimum absolute atomic E-state index is 0.0651. The van der Waals surface area contributed by atoms with Crippen molar-refractivity contribution in [2.45, 2.75) is 32.7 Å². The molecule has 0 saturated heterocycles. The summed E-state index contributed by atoms with van der Waals surface area (Å²) in [6.45, 7) is 5.55. The zero-order valence-electron chi connectivity index (χ0n) is 19.0. The number of benzene rings is 2. The Morgan fingerprint density at radius 2 is 2.06 bits per heavy atom. The summed E-state index contributed by atoms with van der Waals surface area (Å²) in [5.41, 5.74) is 3.81. The van der Waals surface area contributed by atoms with Crippen molar-refractivity contribution >= 4 is 17.5 Å². The molecule has 1 atom stereocenters. The van der Waals surface area contributed by atoms with E-state index in [1.165, 1.54) is 0 Å². The predicted octanol–water partition coefficient (Wildman–Crippen LogP) is 5.11. The summed E-state index contributed by atoms with van der Waals surface area (Å²) in [5, 5.41) is 18.5. The van der Waals surface area contributed by atoms with Gasteiger partial charge in [-0.05, 0) is 55.2 Å². The van der Waals surface area contributed by atoms with Crippen molar-refractivity contribution in [3.63, 3.8) is 0 Å². The van der Waals surface area contributed by atoms with Crippen LogP contribution in [0.5, 0.6) is 11.5 Å². The number of nitrogens with zero attached hydrogens (tertiary/aromatic N) is 2. The van der Waals surface area contributed by atoms with E-state index in [2.05, 4.69) is 17.1 Å². The third-order valence-electron chi connectivity index (χ3n) is 5.79. The molecule has 0 aliphatic carbocycles. The third-order valence-corrected chi connectivity index (χ3v) is 6.20. The van der Waals surface area contributed by atoms with E-state index in [0.29, 0.717) is 48.2 Å². The number of H-pyrrole nitrogens is 1. The summed E-state index contributed by atoms with van der Waals surface area (Å²) < 4.78 is 11.1. The summed E-state index contributed by atoms with van der Waals surface area (Å²) in [7, 11) is 1.65. The molecule has 1 aromatic heterocycles. The molecule has 1 amide bonds. The van der Waals surface area contributed by atoms with Crippen LogP contribution in [0.25, 0.3) is 11.3 Å². The molecule has 174 valence electrons. The fraction of sp³-hybridized carbons (Fsp3) is 0.360. The summed E-state index contributed by atoms with van der Waals surface area (Å²) >= 11 is 6.36. The Bertz CT molecular complexity index is 1160. The van der Waals surface area contributed by atoms with Gasteiger partial charge in [0.2, 0.25) is 0 Å². The number of rotatable bonds is 9. The lowest BCUT2D eigenvalue weighted by Crippen LogP contribution is -2.31. The van der Waals surface area contributed by atoms with Gasteiger partial charge >= 0.3 is 0 Å². The van der Waals surface area contributed by atoms with Gasteiger partial charge in [0, 0.05) is 36.4 Å². The maximum Gasteiger partial charge on any atom is 0.273 e. The van der Waals surface area contributed by atoms with Gasteiger partial charge in [0.05, 0.1) is 12.6 Å². The number of nitrogens with one attached hydrogen (secondary N) is 1. The van der Waals surface area contributed by atoms with Crippen LogP contribution in [-0.4, -0.2) is 53.0 Å². The van der Waals surface area contributed by atoms with Gasteiger partial charge in [0.15, 0.2) is 0 Å². The average molecular weight is 470 g/mol. The minimum atomic E-state index is -0.386. The molecule has 2 aromatic carbocycles. The molecule has 0 spiro atoms. The number of amides is 1. The number of aromatic hydroxyl groups is 1. The number of methoxy groups -OCH3 is 1. The number of carbonyl (C=O) groups excluding carboxylic acids is 1. The molecule has 0 radical (unpaired) electrons. The van der Waals surface area contributed by atoms with E-state index in [-0.39, 0.29) is 17.7 Å². The van der Waals surface area contributed by atoms with E-state index in [0.717, 1.165) is 28.9 Å². The predicted molar refractivity (Wildman–Crippen MR) is 127 cm³/mol. The first-order chi connectivity index (χ1) is 16.0. The molecular weight excluding hydrogens is 442 g/mol. The zero-order valence-corrected chi connectivity index (χ0v) is 19.8. The number of carbonyl (C=O) groups is 1. The van der Waals surface area contributed by atoms with Crippen molar-refractivity contribution in [2.75, 3.05) is 26.9 Å². The first-order valence-corrected chi connectivity index (χ1v) is 11.4. The van der Waals surface area contributed by atoms with E-state index in [1.54, 1.807) is 19.2 Å². The van der Waals surface area contributed by atoms with Crippen LogP contribution in [0.1, 0.15) is 53.0 Å². The molecule has 1 aliphatic rings. The number of ether oxygens (including phenoxy) is 2.